The maximum atomic E-state index is 11.9. The van der Waals surface area contributed by atoms with Crippen LogP contribution in [0.25, 0.3) is 0 Å². The SMILES string of the molecule is CCOC(=O)[C@H](CCCN(CC)CC)CCSC(C)=O. The van der Waals surface area contributed by atoms with Crippen molar-refractivity contribution in [3.63, 3.8) is 0 Å². The molecular weight excluding hydrogens is 274 g/mol. The Kier molecular flexibility index (Phi) is 11.9. The molecule has 0 aromatic carbocycles. The lowest BCUT2D eigenvalue weighted by Crippen LogP contribution is -2.26. The fourth-order valence-electron chi connectivity index (χ4n) is 2.09. The predicted octanol–water partition coefficient (Wildman–Crippen LogP) is 2.96. The second kappa shape index (κ2) is 12.2. The van der Waals surface area contributed by atoms with Gasteiger partial charge < -0.3 is 9.64 Å². The molecule has 0 radical (unpaired) electrons. The molecular formula is C15H29NO3S. The van der Waals surface area contributed by atoms with Crippen LogP contribution in [0.15, 0.2) is 0 Å². The number of thioether (sulfide) groups is 1. The number of esters is 1. The van der Waals surface area contributed by atoms with Crippen LogP contribution in [0, 0.1) is 5.92 Å². The minimum atomic E-state index is -0.115. The zero-order valence-electron chi connectivity index (χ0n) is 13.3. The highest BCUT2D eigenvalue weighted by Gasteiger charge is 2.19. The molecule has 0 unspecified atom stereocenters. The zero-order chi connectivity index (χ0) is 15.4. The molecule has 0 aliphatic heterocycles. The van der Waals surface area contributed by atoms with Crippen LogP contribution in [0.1, 0.15) is 47.0 Å². The third-order valence-corrected chi connectivity index (χ3v) is 4.16. The second-order valence-electron chi connectivity index (χ2n) is 4.75. The van der Waals surface area contributed by atoms with Crippen molar-refractivity contribution in [2.45, 2.75) is 47.0 Å². The summed E-state index contributed by atoms with van der Waals surface area (Å²) in [5.41, 5.74) is 0. The highest BCUT2D eigenvalue weighted by atomic mass is 32.2. The smallest absolute Gasteiger partial charge is 0.308 e. The van der Waals surface area contributed by atoms with Crippen molar-refractivity contribution in [2.75, 3.05) is 32.0 Å². The summed E-state index contributed by atoms with van der Waals surface area (Å²) in [4.78, 5) is 25.2. The Labute approximate surface area is 127 Å². The summed E-state index contributed by atoms with van der Waals surface area (Å²) in [5, 5.41) is 0.107. The highest BCUT2D eigenvalue weighted by Crippen LogP contribution is 2.18. The van der Waals surface area contributed by atoms with Crippen LogP contribution >= 0.6 is 11.8 Å². The van der Waals surface area contributed by atoms with E-state index < -0.39 is 0 Å². The van der Waals surface area contributed by atoms with Gasteiger partial charge in [0.25, 0.3) is 0 Å². The van der Waals surface area contributed by atoms with E-state index >= 15 is 0 Å². The monoisotopic (exact) mass is 303 g/mol. The molecule has 0 N–H and O–H groups in total. The first kappa shape index (κ1) is 19.4. The van der Waals surface area contributed by atoms with Crippen molar-refractivity contribution in [1.82, 2.24) is 4.90 Å². The summed E-state index contributed by atoms with van der Waals surface area (Å²) < 4.78 is 5.13. The minimum absolute atomic E-state index is 0.0719. The first-order valence-electron chi connectivity index (χ1n) is 7.57. The number of hydrogen-bond acceptors (Lipinski definition) is 5. The molecule has 118 valence electrons. The van der Waals surface area contributed by atoms with Gasteiger partial charge in [0.15, 0.2) is 5.12 Å². The average molecular weight is 303 g/mol. The van der Waals surface area contributed by atoms with E-state index in [0.29, 0.717) is 12.4 Å². The zero-order valence-corrected chi connectivity index (χ0v) is 14.1. The van der Waals surface area contributed by atoms with Gasteiger partial charge in [-0.25, -0.2) is 0 Å². The molecule has 4 nitrogen and oxygen atoms in total. The third-order valence-electron chi connectivity index (χ3n) is 3.31. The summed E-state index contributed by atoms with van der Waals surface area (Å²) in [5.74, 6) is 0.512. The van der Waals surface area contributed by atoms with E-state index in [4.69, 9.17) is 4.74 Å². The molecule has 0 aliphatic rings. The summed E-state index contributed by atoms with van der Waals surface area (Å²) in [6.45, 7) is 11.2. The van der Waals surface area contributed by atoms with Crippen LogP contribution in [0.3, 0.4) is 0 Å². The van der Waals surface area contributed by atoms with Gasteiger partial charge in [-0.05, 0) is 45.8 Å². The summed E-state index contributed by atoms with van der Waals surface area (Å²) in [6, 6.07) is 0. The van der Waals surface area contributed by atoms with Crippen molar-refractivity contribution in [2.24, 2.45) is 5.92 Å². The predicted molar refractivity (Wildman–Crippen MR) is 84.9 cm³/mol. The second-order valence-corrected chi connectivity index (χ2v) is 6.02. The summed E-state index contributed by atoms with van der Waals surface area (Å²) in [6.07, 6.45) is 2.56. The van der Waals surface area contributed by atoms with Crippen LogP contribution in [0.2, 0.25) is 0 Å². The van der Waals surface area contributed by atoms with Crippen molar-refractivity contribution in [3.8, 4) is 0 Å². The minimum Gasteiger partial charge on any atom is -0.466 e. The van der Waals surface area contributed by atoms with E-state index in [-0.39, 0.29) is 17.0 Å². The number of carbonyl (C=O) groups is 2. The molecule has 0 rings (SSSR count). The standard InChI is InChI=1S/C15H29NO3S/c1-5-16(6-2)11-8-9-14(15(18)19-7-3)10-12-20-13(4)17/h14H,5-12H2,1-4H3/t14-/m1/s1. The van der Waals surface area contributed by atoms with Crippen LogP contribution in [0.5, 0.6) is 0 Å². The molecule has 1 atom stereocenters. The normalized spacial score (nSPS) is 12.4. The maximum absolute atomic E-state index is 11.9. The maximum Gasteiger partial charge on any atom is 0.308 e. The molecule has 0 spiro atoms. The molecule has 0 aromatic rings. The van der Waals surface area contributed by atoms with Crippen molar-refractivity contribution < 1.29 is 14.3 Å². The molecule has 0 fully saturated rings. The lowest BCUT2D eigenvalue weighted by atomic mass is 10.0. The lowest BCUT2D eigenvalue weighted by Gasteiger charge is -2.20. The Morgan fingerprint density at radius 2 is 1.80 bits per heavy atom. The first-order valence-corrected chi connectivity index (χ1v) is 8.55. The topological polar surface area (TPSA) is 46.6 Å². The van der Waals surface area contributed by atoms with E-state index in [1.165, 1.54) is 11.8 Å². The highest BCUT2D eigenvalue weighted by molar-refractivity contribution is 8.13. The fraction of sp³-hybridized carbons (Fsp3) is 0.867. The van der Waals surface area contributed by atoms with Crippen LogP contribution in [-0.4, -0.2) is 48.0 Å². The van der Waals surface area contributed by atoms with E-state index in [9.17, 15) is 9.59 Å². The van der Waals surface area contributed by atoms with Gasteiger partial charge in [-0.3, -0.25) is 9.59 Å². The van der Waals surface area contributed by atoms with Gasteiger partial charge in [0.1, 0.15) is 0 Å². The molecule has 0 saturated heterocycles. The average Bonchev–Trinajstić information content (AvgIpc) is 2.41. The Morgan fingerprint density at radius 3 is 2.30 bits per heavy atom. The van der Waals surface area contributed by atoms with Gasteiger partial charge in [-0.1, -0.05) is 25.6 Å². The number of hydrogen-bond donors (Lipinski definition) is 0. The van der Waals surface area contributed by atoms with Gasteiger partial charge in [-0.15, -0.1) is 0 Å². The molecule has 20 heavy (non-hydrogen) atoms. The van der Waals surface area contributed by atoms with Crippen LogP contribution < -0.4 is 0 Å². The Bertz CT molecular complexity index is 280. The molecule has 0 bridgehead atoms. The summed E-state index contributed by atoms with van der Waals surface area (Å²) in [7, 11) is 0. The molecule has 0 amide bonds. The summed E-state index contributed by atoms with van der Waals surface area (Å²) >= 11 is 1.29. The molecule has 5 heteroatoms. The Morgan fingerprint density at radius 1 is 1.15 bits per heavy atom. The Balaban J connectivity index is 4.16. The van der Waals surface area contributed by atoms with Gasteiger partial charge in [-0.2, -0.15) is 0 Å². The van der Waals surface area contributed by atoms with Crippen molar-refractivity contribution >= 4 is 22.8 Å². The number of carbonyl (C=O) groups excluding carboxylic acids is 2. The van der Waals surface area contributed by atoms with Crippen molar-refractivity contribution in [3.05, 3.63) is 0 Å². The number of ether oxygens (including phenoxy) is 1. The molecule has 0 aromatic heterocycles. The quantitative estimate of drug-likeness (QED) is 0.549. The van der Waals surface area contributed by atoms with Crippen molar-refractivity contribution in [1.29, 1.82) is 0 Å². The lowest BCUT2D eigenvalue weighted by molar-refractivity contribution is -0.148. The van der Waals surface area contributed by atoms with Gasteiger partial charge in [0.2, 0.25) is 0 Å². The van der Waals surface area contributed by atoms with E-state index in [1.54, 1.807) is 6.92 Å². The first-order chi connectivity index (χ1) is 9.54. The van der Waals surface area contributed by atoms with Gasteiger partial charge in [0, 0.05) is 12.7 Å². The number of rotatable bonds is 11. The third kappa shape index (κ3) is 9.37. The van der Waals surface area contributed by atoms with E-state index in [1.807, 2.05) is 6.92 Å². The largest absolute Gasteiger partial charge is 0.466 e. The Hall–Kier alpha value is -0.550. The van der Waals surface area contributed by atoms with E-state index in [2.05, 4.69) is 18.7 Å². The fourth-order valence-corrected chi connectivity index (χ4v) is 2.78. The van der Waals surface area contributed by atoms with Crippen LogP contribution in [0.4, 0.5) is 0 Å². The molecule has 0 saturated carbocycles. The van der Waals surface area contributed by atoms with E-state index in [0.717, 1.165) is 38.9 Å². The van der Waals surface area contributed by atoms with Gasteiger partial charge >= 0.3 is 5.97 Å². The number of nitrogens with zero attached hydrogens (tertiary/aromatic N) is 1. The van der Waals surface area contributed by atoms with Crippen LogP contribution in [-0.2, 0) is 14.3 Å². The molecule has 0 aliphatic carbocycles. The van der Waals surface area contributed by atoms with Gasteiger partial charge in [0.05, 0.1) is 12.5 Å². The molecule has 0 heterocycles.